The molecule has 1 nitrogen and oxygen atoms in total. The largest absolute Gasteiger partial charge is 0.289 e. The molecule has 3 rings (SSSR count). The first kappa shape index (κ1) is 20.7. The third kappa shape index (κ3) is 2.81. The van der Waals surface area contributed by atoms with Crippen molar-refractivity contribution in [3.05, 3.63) is 70.8 Å². The molecule has 2 aromatic rings. The van der Waals surface area contributed by atoms with E-state index in [-0.39, 0.29) is 16.4 Å². The van der Waals surface area contributed by atoms with Gasteiger partial charge in [0.1, 0.15) is 0 Å². The van der Waals surface area contributed by atoms with E-state index in [1.165, 1.54) is 0 Å². The van der Waals surface area contributed by atoms with Gasteiger partial charge in [-0.25, -0.2) is 0 Å². The molecule has 0 amide bonds. The quantitative estimate of drug-likeness (QED) is 0.426. The molecule has 0 fully saturated rings. The van der Waals surface area contributed by atoms with Crippen molar-refractivity contribution in [2.24, 2.45) is 0 Å². The first-order chi connectivity index (χ1) is 13.1. The summed E-state index contributed by atoms with van der Waals surface area (Å²) < 4.78 is 0.00547. The van der Waals surface area contributed by atoms with Crippen LogP contribution in [-0.4, -0.2) is 22.3 Å². The molecule has 1 aliphatic carbocycles. The van der Waals surface area contributed by atoms with Crippen molar-refractivity contribution >= 4 is 32.3 Å². The molecule has 28 heavy (non-hydrogen) atoms. The number of carbonyl (C=O) groups is 1. The van der Waals surface area contributed by atoms with Crippen LogP contribution in [0.5, 0.6) is 0 Å². The van der Waals surface area contributed by atoms with E-state index in [2.05, 4.69) is 65.1 Å². The molecule has 0 unspecified atom stereocenters. The van der Waals surface area contributed by atoms with Crippen LogP contribution in [0.1, 0.15) is 86.0 Å². The van der Waals surface area contributed by atoms with Gasteiger partial charge in [0.05, 0.1) is 0 Å². The van der Waals surface area contributed by atoms with Gasteiger partial charge < -0.3 is 0 Å². The molecule has 2 heteroatoms. The van der Waals surface area contributed by atoms with E-state index in [1.54, 1.807) is 0 Å². The minimum Gasteiger partial charge on any atom is -0.289 e. The van der Waals surface area contributed by atoms with Crippen molar-refractivity contribution in [1.82, 2.24) is 0 Å². The fourth-order valence-electron chi connectivity index (χ4n) is 4.25. The Morgan fingerprint density at radius 1 is 0.964 bits per heavy atom. The van der Waals surface area contributed by atoms with Gasteiger partial charge in [0.2, 0.25) is 0 Å². The second-order valence-electron chi connectivity index (χ2n) is 8.45. The third-order valence-electron chi connectivity index (χ3n) is 6.70. The van der Waals surface area contributed by atoms with E-state index in [4.69, 9.17) is 0 Å². The average molecular weight is 393 g/mol. The van der Waals surface area contributed by atoms with Gasteiger partial charge in [-0.3, -0.25) is 4.79 Å². The van der Waals surface area contributed by atoms with Crippen LogP contribution in [0, 0.1) is 0 Å². The summed E-state index contributed by atoms with van der Waals surface area (Å²) in [5.41, 5.74) is 5.52. The van der Waals surface area contributed by atoms with Gasteiger partial charge in [0, 0.05) is 26.3 Å². The molecular formula is C26H32OS. The lowest BCUT2D eigenvalue weighted by Gasteiger charge is -2.39. The molecule has 0 saturated carbocycles. The molecule has 148 valence electrons. The summed E-state index contributed by atoms with van der Waals surface area (Å²) in [6.07, 6.45) is 2.01. The maximum absolute atomic E-state index is 13.6. The van der Waals surface area contributed by atoms with Crippen LogP contribution in [0.25, 0.3) is 5.57 Å². The standard InChI is InChI=1S/C26H32OS/c1-9-26(6,10-2)28(7,8)22-16-12-15-21-23(22)18(5)20-14-11-13-19(17(3)4)24(20)25(21)27/h11-17H,5,7-10H2,1-4,6H3. The number of carbonyl (C=O) groups excluding carboxylic acids is 1. The van der Waals surface area contributed by atoms with Gasteiger partial charge in [0.15, 0.2) is 5.78 Å². The van der Waals surface area contributed by atoms with E-state index in [0.29, 0.717) is 0 Å². The molecule has 1 aliphatic rings. The smallest absolute Gasteiger partial charge is 0.194 e. The monoisotopic (exact) mass is 392 g/mol. The highest BCUT2D eigenvalue weighted by atomic mass is 32.2. The molecule has 0 bridgehead atoms. The number of rotatable bonds is 5. The maximum atomic E-state index is 13.6. The molecule has 0 saturated heterocycles. The minimum atomic E-state index is -1.64. The SMILES string of the molecule is C=C1c2cccc(C(C)C)c2C(=O)c2cccc(S(=C)(=C)C(C)(CC)CC)c21. The van der Waals surface area contributed by atoms with E-state index < -0.39 is 9.21 Å². The first-order valence-corrected chi connectivity index (χ1v) is 12.1. The number of hydrogen-bond donors (Lipinski definition) is 0. The van der Waals surface area contributed by atoms with Gasteiger partial charge in [-0.15, -0.1) is 0 Å². The predicted molar refractivity (Wildman–Crippen MR) is 128 cm³/mol. The summed E-state index contributed by atoms with van der Waals surface area (Å²) in [5, 5.41) is 0. The molecule has 0 radical (unpaired) electrons. The Morgan fingerprint density at radius 2 is 1.54 bits per heavy atom. The first-order valence-electron chi connectivity index (χ1n) is 10.1. The number of hydrogen-bond acceptors (Lipinski definition) is 1. The summed E-state index contributed by atoms with van der Waals surface area (Å²) in [5.74, 6) is 9.67. The zero-order valence-electron chi connectivity index (χ0n) is 17.9. The number of fused-ring (bicyclic) bond motifs is 2. The summed E-state index contributed by atoms with van der Waals surface area (Å²) in [4.78, 5) is 14.7. The molecule has 0 aromatic heterocycles. The summed E-state index contributed by atoms with van der Waals surface area (Å²) >= 11 is 0. The topological polar surface area (TPSA) is 17.1 Å². The summed E-state index contributed by atoms with van der Waals surface area (Å²) in [7, 11) is -1.64. The van der Waals surface area contributed by atoms with Crippen LogP contribution < -0.4 is 0 Å². The zero-order chi connectivity index (χ0) is 20.9. The van der Waals surface area contributed by atoms with Crippen LogP contribution in [0.4, 0.5) is 0 Å². The van der Waals surface area contributed by atoms with E-state index in [9.17, 15) is 4.79 Å². The second-order valence-corrected chi connectivity index (χ2v) is 11.6. The lowest BCUT2D eigenvalue weighted by molar-refractivity contribution is 0.103. The average Bonchev–Trinajstić information content (AvgIpc) is 2.69. The molecule has 0 heterocycles. The second kappa shape index (κ2) is 7.08. The number of ketones is 1. The molecule has 0 spiro atoms. The van der Waals surface area contributed by atoms with Gasteiger partial charge in [0.25, 0.3) is 0 Å². The molecule has 0 atom stereocenters. The Hall–Kier alpha value is -2.06. The van der Waals surface area contributed by atoms with Crippen LogP contribution in [0.15, 0.2) is 47.9 Å². The highest BCUT2D eigenvalue weighted by molar-refractivity contribution is 8.28. The Morgan fingerprint density at radius 3 is 2.11 bits per heavy atom. The Kier molecular flexibility index (Phi) is 5.22. The lowest BCUT2D eigenvalue weighted by atomic mass is 9.78. The minimum absolute atomic E-state index is 0.00547. The van der Waals surface area contributed by atoms with Crippen LogP contribution >= 0.6 is 9.21 Å². The van der Waals surface area contributed by atoms with E-state index in [0.717, 1.165) is 51.1 Å². The fourth-order valence-corrected chi connectivity index (χ4v) is 6.85. The van der Waals surface area contributed by atoms with Gasteiger partial charge in [-0.05, 0) is 41.5 Å². The fraction of sp³-hybridized carbons (Fsp3) is 0.346. The Labute approximate surface area is 171 Å². The highest BCUT2D eigenvalue weighted by Crippen LogP contribution is 2.53. The summed E-state index contributed by atoms with van der Waals surface area (Å²) in [6, 6.07) is 12.2. The predicted octanol–water partition coefficient (Wildman–Crippen LogP) is 7.02. The molecular weight excluding hydrogens is 360 g/mol. The summed E-state index contributed by atoms with van der Waals surface area (Å²) in [6.45, 7) is 15.4. The third-order valence-corrected chi connectivity index (χ3v) is 10.3. The highest BCUT2D eigenvalue weighted by Gasteiger charge is 2.34. The van der Waals surface area contributed by atoms with Crippen LogP contribution in [-0.2, 0) is 0 Å². The van der Waals surface area contributed by atoms with Crippen LogP contribution in [0.3, 0.4) is 0 Å². The van der Waals surface area contributed by atoms with Crippen molar-refractivity contribution in [3.63, 3.8) is 0 Å². The number of benzene rings is 2. The van der Waals surface area contributed by atoms with E-state index in [1.807, 2.05) is 24.3 Å². The normalized spacial score (nSPS) is 14.2. The van der Waals surface area contributed by atoms with Crippen molar-refractivity contribution in [3.8, 4) is 0 Å². The van der Waals surface area contributed by atoms with Crippen molar-refractivity contribution in [2.75, 3.05) is 0 Å². The van der Waals surface area contributed by atoms with Crippen LogP contribution in [0.2, 0.25) is 0 Å². The molecule has 0 N–H and O–H groups in total. The van der Waals surface area contributed by atoms with Gasteiger partial charge in [-0.1, -0.05) is 83.3 Å². The Bertz CT molecular complexity index is 1060. The Balaban J connectivity index is 2.33. The lowest BCUT2D eigenvalue weighted by Crippen LogP contribution is -2.24. The van der Waals surface area contributed by atoms with E-state index >= 15 is 0 Å². The van der Waals surface area contributed by atoms with Crippen molar-refractivity contribution in [2.45, 2.75) is 63.0 Å². The van der Waals surface area contributed by atoms with Crippen molar-refractivity contribution in [1.29, 1.82) is 0 Å². The molecule has 0 aliphatic heterocycles. The molecule has 2 aromatic carbocycles. The van der Waals surface area contributed by atoms with Gasteiger partial charge in [-0.2, -0.15) is 9.21 Å². The van der Waals surface area contributed by atoms with Gasteiger partial charge >= 0.3 is 0 Å². The zero-order valence-corrected chi connectivity index (χ0v) is 18.7. The van der Waals surface area contributed by atoms with Crippen molar-refractivity contribution < 1.29 is 4.79 Å². The maximum Gasteiger partial charge on any atom is 0.194 e.